The molecule has 0 radical (unpaired) electrons. The van der Waals surface area contributed by atoms with Gasteiger partial charge < -0.3 is 5.11 Å². The second-order valence-corrected chi connectivity index (χ2v) is 5.38. The standard InChI is InChI=1S/C7H14N2O3S/c10-5-7(3-4-7)9-13(11,12)8-6-1-2-6/h6,8-10H,1-5H2. The zero-order valence-corrected chi connectivity index (χ0v) is 8.10. The third-order valence-electron chi connectivity index (χ3n) is 2.41. The van der Waals surface area contributed by atoms with Gasteiger partial charge in [-0.15, -0.1) is 0 Å². The highest BCUT2D eigenvalue weighted by molar-refractivity contribution is 7.87. The van der Waals surface area contributed by atoms with Gasteiger partial charge in [-0.25, -0.2) is 0 Å². The van der Waals surface area contributed by atoms with Gasteiger partial charge >= 0.3 is 0 Å². The molecule has 0 bridgehead atoms. The predicted molar refractivity (Wildman–Crippen MR) is 47.3 cm³/mol. The normalized spacial score (nSPS) is 25.9. The number of aliphatic hydroxyl groups excluding tert-OH is 1. The highest BCUT2D eigenvalue weighted by atomic mass is 32.2. The van der Waals surface area contributed by atoms with E-state index in [1.54, 1.807) is 0 Å². The van der Waals surface area contributed by atoms with E-state index in [2.05, 4.69) is 9.44 Å². The van der Waals surface area contributed by atoms with Gasteiger partial charge in [0.25, 0.3) is 10.2 Å². The van der Waals surface area contributed by atoms with Crippen LogP contribution in [0.2, 0.25) is 0 Å². The maximum Gasteiger partial charge on any atom is 0.277 e. The van der Waals surface area contributed by atoms with Crippen LogP contribution in [0.3, 0.4) is 0 Å². The fourth-order valence-electron chi connectivity index (χ4n) is 1.18. The molecule has 0 atom stereocenters. The van der Waals surface area contributed by atoms with Crippen molar-refractivity contribution in [3.8, 4) is 0 Å². The van der Waals surface area contributed by atoms with Crippen molar-refractivity contribution in [3.05, 3.63) is 0 Å². The van der Waals surface area contributed by atoms with Crippen molar-refractivity contribution < 1.29 is 13.5 Å². The second kappa shape index (κ2) is 2.91. The molecule has 5 nitrogen and oxygen atoms in total. The Morgan fingerprint density at radius 2 is 2.00 bits per heavy atom. The van der Waals surface area contributed by atoms with Crippen LogP contribution < -0.4 is 9.44 Å². The van der Waals surface area contributed by atoms with Crippen LogP contribution >= 0.6 is 0 Å². The van der Waals surface area contributed by atoms with E-state index in [4.69, 9.17) is 5.11 Å². The molecule has 13 heavy (non-hydrogen) atoms. The number of rotatable bonds is 5. The summed E-state index contributed by atoms with van der Waals surface area (Å²) in [7, 11) is -3.39. The molecule has 0 saturated heterocycles. The van der Waals surface area contributed by atoms with E-state index >= 15 is 0 Å². The first-order valence-electron chi connectivity index (χ1n) is 4.47. The first kappa shape index (κ1) is 9.39. The smallest absolute Gasteiger partial charge is 0.277 e. The van der Waals surface area contributed by atoms with Crippen molar-refractivity contribution in [2.24, 2.45) is 0 Å². The molecule has 2 aliphatic carbocycles. The van der Waals surface area contributed by atoms with Gasteiger partial charge in [0.2, 0.25) is 0 Å². The fraction of sp³-hybridized carbons (Fsp3) is 1.00. The van der Waals surface area contributed by atoms with Gasteiger partial charge in [0.1, 0.15) is 0 Å². The van der Waals surface area contributed by atoms with Crippen LogP contribution in [0.1, 0.15) is 25.7 Å². The van der Waals surface area contributed by atoms with Crippen LogP contribution in [0.15, 0.2) is 0 Å². The third kappa shape index (κ3) is 2.40. The van der Waals surface area contributed by atoms with Crippen LogP contribution in [0.25, 0.3) is 0 Å². The van der Waals surface area contributed by atoms with Crippen molar-refractivity contribution in [3.63, 3.8) is 0 Å². The third-order valence-corrected chi connectivity index (χ3v) is 3.75. The van der Waals surface area contributed by atoms with E-state index in [9.17, 15) is 8.42 Å². The molecule has 0 unspecified atom stereocenters. The Bertz CT molecular complexity index is 293. The van der Waals surface area contributed by atoms with Crippen molar-refractivity contribution >= 4 is 10.2 Å². The van der Waals surface area contributed by atoms with E-state index in [0.717, 1.165) is 25.7 Å². The highest BCUT2D eigenvalue weighted by Gasteiger charge is 2.46. The summed E-state index contributed by atoms with van der Waals surface area (Å²) < 4.78 is 27.7. The number of hydrogen-bond donors (Lipinski definition) is 3. The summed E-state index contributed by atoms with van der Waals surface area (Å²) in [6, 6.07) is 0.118. The minimum Gasteiger partial charge on any atom is -0.394 e. The molecule has 0 aromatic rings. The summed E-state index contributed by atoms with van der Waals surface area (Å²) in [6.45, 7) is -0.113. The minimum absolute atomic E-state index is 0.113. The largest absolute Gasteiger partial charge is 0.394 e. The SMILES string of the molecule is O=S(=O)(NC1CC1)NC1(CO)CC1. The van der Waals surface area contributed by atoms with Crippen LogP contribution in [-0.2, 0) is 10.2 Å². The Morgan fingerprint density at radius 1 is 1.38 bits per heavy atom. The monoisotopic (exact) mass is 206 g/mol. The fourth-order valence-corrected chi connectivity index (χ4v) is 2.75. The number of nitrogens with one attached hydrogen (secondary N) is 2. The predicted octanol–water partition coefficient (Wildman–Crippen LogP) is -0.902. The Labute approximate surface area is 77.7 Å². The molecule has 2 aliphatic rings. The topological polar surface area (TPSA) is 78.4 Å². The molecule has 0 aliphatic heterocycles. The van der Waals surface area contributed by atoms with Crippen LogP contribution in [-0.4, -0.2) is 31.7 Å². The quantitative estimate of drug-likeness (QED) is 0.545. The molecule has 3 N–H and O–H groups in total. The zero-order valence-electron chi connectivity index (χ0n) is 7.28. The van der Waals surface area contributed by atoms with Gasteiger partial charge in [0, 0.05) is 6.04 Å². The van der Waals surface area contributed by atoms with Crippen LogP contribution in [0.4, 0.5) is 0 Å². The first-order valence-corrected chi connectivity index (χ1v) is 5.96. The summed E-state index contributed by atoms with van der Waals surface area (Å²) in [5.41, 5.74) is -0.555. The summed E-state index contributed by atoms with van der Waals surface area (Å²) in [6.07, 6.45) is 3.31. The minimum atomic E-state index is -3.39. The molecule has 0 aromatic heterocycles. The number of aliphatic hydroxyl groups is 1. The van der Waals surface area contributed by atoms with Gasteiger partial charge in [0.05, 0.1) is 12.1 Å². The molecule has 6 heteroatoms. The lowest BCUT2D eigenvalue weighted by Gasteiger charge is -2.14. The van der Waals surface area contributed by atoms with E-state index in [0.29, 0.717) is 0 Å². The zero-order chi connectivity index (χ0) is 9.53. The first-order chi connectivity index (χ1) is 6.05. The lowest BCUT2D eigenvalue weighted by molar-refractivity contribution is 0.246. The van der Waals surface area contributed by atoms with E-state index in [1.165, 1.54) is 0 Å². The van der Waals surface area contributed by atoms with E-state index in [-0.39, 0.29) is 12.6 Å². The van der Waals surface area contributed by atoms with Crippen molar-refractivity contribution in [2.45, 2.75) is 37.3 Å². The molecule has 0 heterocycles. The van der Waals surface area contributed by atoms with Crippen LogP contribution in [0.5, 0.6) is 0 Å². The van der Waals surface area contributed by atoms with E-state index in [1.807, 2.05) is 0 Å². The van der Waals surface area contributed by atoms with Crippen molar-refractivity contribution in [2.75, 3.05) is 6.61 Å². The Morgan fingerprint density at radius 3 is 2.38 bits per heavy atom. The average molecular weight is 206 g/mol. The molecule has 2 rings (SSSR count). The van der Waals surface area contributed by atoms with Gasteiger partial charge in [-0.2, -0.15) is 17.9 Å². The van der Waals surface area contributed by atoms with Crippen LogP contribution in [0, 0.1) is 0 Å². The Kier molecular flexibility index (Phi) is 2.10. The lowest BCUT2D eigenvalue weighted by atomic mass is 10.3. The van der Waals surface area contributed by atoms with Gasteiger partial charge in [-0.3, -0.25) is 0 Å². The molecule has 76 valence electrons. The highest BCUT2D eigenvalue weighted by Crippen LogP contribution is 2.35. The summed E-state index contributed by atoms with van der Waals surface area (Å²) >= 11 is 0. The summed E-state index contributed by atoms with van der Waals surface area (Å²) in [4.78, 5) is 0. The Hall–Kier alpha value is -0.170. The van der Waals surface area contributed by atoms with Crippen molar-refractivity contribution in [1.29, 1.82) is 0 Å². The molecule has 2 fully saturated rings. The molecule has 0 amide bonds. The molecular formula is C7H14N2O3S. The molecular weight excluding hydrogens is 192 g/mol. The van der Waals surface area contributed by atoms with Gasteiger partial charge in [-0.05, 0) is 25.7 Å². The molecule has 2 saturated carbocycles. The Balaban J connectivity index is 1.91. The van der Waals surface area contributed by atoms with E-state index < -0.39 is 15.7 Å². The maximum atomic E-state index is 11.4. The number of hydrogen-bond acceptors (Lipinski definition) is 3. The van der Waals surface area contributed by atoms with Gasteiger partial charge in [0.15, 0.2) is 0 Å². The lowest BCUT2D eigenvalue weighted by Crippen LogP contribution is -2.46. The average Bonchev–Trinajstić information content (AvgIpc) is 2.86. The second-order valence-electron chi connectivity index (χ2n) is 3.94. The molecule has 0 aromatic carbocycles. The van der Waals surface area contributed by atoms with Gasteiger partial charge in [-0.1, -0.05) is 0 Å². The summed E-state index contributed by atoms with van der Waals surface area (Å²) in [5.74, 6) is 0. The molecule has 0 spiro atoms. The van der Waals surface area contributed by atoms with Crippen molar-refractivity contribution in [1.82, 2.24) is 9.44 Å². The summed E-state index contributed by atoms with van der Waals surface area (Å²) in [5, 5.41) is 8.91. The maximum absolute atomic E-state index is 11.4.